The third-order valence-electron chi connectivity index (χ3n) is 15.6. The SMILES string of the molecule is C=Cc1ccc(-c2ccc3c(c2)c2cc(-c4ccc(N(c5ccc(-c6ccccc6)cc5)c5ccc6c(c5)C(c5ccc(C=C)cc5)(c5cc(C)ccc5C)c5ccccc5-6)cc4)ccc2n3-c2ccccc2)cc1. The van der Waals surface area contributed by atoms with E-state index in [-0.39, 0.29) is 0 Å². The van der Waals surface area contributed by atoms with Crippen molar-refractivity contribution in [2.75, 3.05) is 4.90 Å². The molecule has 75 heavy (non-hydrogen) atoms. The van der Waals surface area contributed by atoms with Crippen LogP contribution in [0.3, 0.4) is 0 Å². The Morgan fingerprint density at radius 2 is 0.853 bits per heavy atom. The maximum atomic E-state index is 4.11. The van der Waals surface area contributed by atoms with Gasteiger partial charge < -0.3 is 9.47 Å². The molecule has 2 heteroatoms. The van der Waals surface area contributed by atoms with Crippen molar-refractivity contribution in [1.29, 1.82) is 0 Å². The number of aromatic nitrogens is 1. The molecule has 2 nitrogen and oxygen atoms in total. The number of nitrogens with zero attached hydrogens (tertiary/aromatic N) is 2. The van der Waals surface area contributed by atoms with Crippen LogP contribution in [-0.2, 0) is 5.41 Å². The Hall–Kier alpha value is -9.50. The lowest BCUT2D eigenvalue weighted by Gasteiger charge is -2.36. The van der Waals surface area contributed by atoms with Gasteiger partial charge in [0.25, 0.3) is 0 Å². The summed E-state index contributed by atoms with van der Waals surface area (Å²) < 4.78 is 2.39. The van der Waals surface area contributed by atoms with Crippen LogP contribution >= 0.6 is 0 Å². The molecule has 0 saturated carbocycles. The zero-order chi connectivity index (χ0) is 50.6. The Morgan fingerprint density at radius 1 is 0.373 bits per heavy atom. The van der Waals surface area contributed by atoms with Gasteiger partial charge in [0.05, 0.1) is 16.4 Å². The maximum Gasteiger partial charge on any atom is 0.0716 e. The summed E-state index contributed by atoms with van der Waals surface area (Å²) in [5.74, 6) is 0. The van der Waals surface area contributed by atoms with Crippen LogP contribution in [-0.4, -0.2) is 4.57 Å². The molecule has 1 aromatic heterocycles. The van der Waals surface area contributed by atoms with Crippen LogP contribution in [0.4, 0.5) is 17.1 Å². The number of rotatable bonds is 11. The van der Waals surface area contributed by atoms with Crippen molar-refractivity contribution < 1.29 is 0 Å². The van der Waals surface area contributed by atoms with Crippen molar-refractivity contribution in [1.82, 2.24) is 4.57 Å². The summed E-state index contributed by atoms with van der Waals surface area (Å²) in [4.78, 5) is 2.43. The minimum atomic E-state index is -0.580. The van der Waals surface area contributed by atoms with E-state index in [2.05, 4.69) is 291 Å². The van der Waals surface area contributed by atoms with E-state index in [0.29, 0.717) is 0 Å². The van der Waals surface area contributed by atoms with Crippen molar-refractivity contribution >= 4 is 51.0 Å². The first kappa shape index (κ1) is 45.4. The Labute approximate surface area is 440 Å². The number of hydrogen-bond acceptors (Lipinski definition) is 1. The molecule has 11 aromatic carbocycles. The molecule has 0 fully saturated rings. The van der Waals surface area contributed by atoms with Gasteiger partial charge in [-0.05, 0) is 170 Å². The van der Waals surface area contributed by atoms with E-state index in [1.54, 1.807) is 0 Å². The topological polar surface area (TPSA) is 8.17 Å². The van der Waals surface area contributed by atoms with Crippen molar-refractivity contribution in [2.45, 2.75) is 19.3 Å². The minimum Gasteiger partial charge on any atom is -0.310 e. The molecule has 0 bridgehead atoms. The van der Waals surface area contributed by atoms with Gasteiger partial charge in [-0.15, -0.1) is 0 Å². The van der Waals surface area contributed by atoms with Gasteiger partial charge in [0, 0.05) is 33.5 Å². The van der Waals surface area contributed by atoms with E-state index >= 15 is 0 Å². The van der Waals surface area contributed by atoms with Gasteiger partial charge in [0.2, 0.25) is 0 Å². The summed E-state index contributed by atoms with van der Waals surface area (Å²) in [6.07, 6.45) is 3.82. The second-order valence-corrected chi connectivity index (χ2v) is 19.9. The smallest absolute Gasteiger partial charge is 0.0716 e. The molecule has 1 unspecified atom stereocenters. The number of aryl methyl sites for hydroxylation is 2. The predicted molar refractivity (Wildman–Crippen MR) is 319 cm³/mol. The summed E-state index contributed by atoms with van der Waals surface area (Å²) >= 11 is 0. The van der Waals surface area contributed by atoms with Gasteiger partial charge in [0.1, 0.15) is 0 Å². The van der Waals surface area contributed by atoms with Crippen LogP contribution in [0, 0.1) is 13.8 Å². The van der Waals surface area contributed by atoms with Crippen molar-refractivity contribution in [2.24, 2.45) is 0 Å². The molecule has 1 aliphatic rings. The van der Waals surface area contributed by atoms with Gasteiger partial charge in [-0.25, -0.2) is 0 Å². The number of para-hydroxylation sites is 1. The summed E-state index contributed by atoms with van der Waals surface area (Å²) in [5, 5.41) is 2.43. The molecule has 1 atom stereocenters. The number of benzene rings is 11. The average Bonchev–Trinajstić information content (AvgIpc) is 3.98. The van der Waals surface area contributed by atoms with E-state index < -0.39 is 5.41 Å². The van der Waals surface area contributed by atoms with Gasteiger partial charge in [0.15, 0.2) is 0 Å². The Bertz CT molecular complexity index is 4130. The molecule has 0 N–H and O–H groups in total. The average molecular weight is 959 g/mol. The van der Waals surface area contributed by atoms with Crippen LogP contribution in [0.1, 0.15) is 44.5 Å². The van der Waals surface area contributed by atoms with E-state index in [0.717, 1.165) is 45.0 Å². The Morgan fingerprint density at radius 3 is 1.45 bits per heavy atom. The molecule has 0 spiro atoms. The first-order valence-corrected chi connectivity index (χ1v) is 25.9. The lowest BCUT2D eigenvalue weighted by atomic mass is 9.66. The summed E-state index contributed by atoms with van der Waals surface area (Å²) in [5.41, 5.74) is 25.5. The quantitative estimate of drug-likeness (QED) is 0.125. The first-order valence-electron chi connectivity index (χ1n) is 25.9. The largest absolute Gasteiger partial charge is 0.310 e. The van der Waals surface area contributed by atoms with Crippen molar-refractivity contribution in [3.63, 3.8) is 0 Å². The van der Waals surface area contributed by atoms with Crippen LogP contribution < -0.4 is 4.90 Å². The van der Waals surface area contributed by atoms with Crippen molar-refractivity contribution in [3.05, 3.63) is 312 Å². The standard InChI is InChI=1S/C73H54N2/c1-5-51-23-27-55(28-24-51)57-33-43-71-66(46-57)67-47-58(34-44-72(67)75(71)60-17-11-8-12-18-60)56-31-39-62(40-32-56)74(61-37-29-54(30-38-61)53-15-9-7-10-16-53)63-41-42-65-64-19-13-14-20-68(64)73(70(65)48-63,59-35-25-52(6-2)26-36-59)69-45-49(3)21-22-50(69)4/h5-48H,1-2H2,3-4H3. The van der Waals surface area contributed by atoms with Gasteiger partial charge in [-0.2, -0.15) is 0 Å². The van der Waals surface area contributed by atoms with E-state index in [4.69, 9.17) is 0 Å². The molecular weight excluding hydrogens is 905 g/mol. The molecule has 356 valence electrons. The number of hydrogen-bond donors (Lipinski definition) is 0. The molecule has 12 aromatic rings. The van der Waals surface area contributed by atoms with Crippen LogP contribution in [0.15, 0.2) is 268 Å². The maximum absolute atomic E-state index is 4.11. The minimum absolute atomic E-state index is 0.580. The van der Waals surface area contributed by atoms with E-state index in [9.17, 15) is 0 Å². The van der Waals surface area contributed by atoms with E-state index in [1.165, 1.54) is 88.6 Å². The van der Waals surface area contributed by atoms with Crippen LogP contribution in [0.5, 0.6) is 0 Å². The van der Waals surface area contributed by atoms with E-state index in [1.807, 2.05) is 12.2 Å². The van der Waals surface area contributed by atoms with Gasteiger partial charge in [-0.3, -0.25) is 0 Å². The fourth-order valence-corrected chi connectivity index (χ4v) is 11.9. The highest BCUT2D eigenvalue weighted by Crippen LogP contribution is 2.58. The number of fused-ring (bicyclic) bond motifs is 6. The molecule has 0 amide bonds. The highest BCUT2D eigenvalue weighted by Gasteiger charge is 2.47. The summed E-state index contributed by atoms with van der Waals surface area (Å²) in [6.45, 7) is 12.6. The lowest BCUT2D eigenvalue weighted by molar-refractivity contribution is 0.759. The lowest BCUT2D eigenvalue weighted by Crippen LogP contribution is -2.30. The predicted octanol–water partition coefficient (Wildman–Crippen LogP) is 19.5. The summed E-state index contributed by atoms with van der Waals surface area (Å²) in [6, 6.07) is 94.1. The Kier molecular flexibility index (Phi) is 11.2. The second-order valence-electron chi connectivity index (χ2n) is 19.9. The molecule has 1 heterocycles. The second kappa shape index (κ2) is 18.5. The molecular formula is C73H54N2. The Balaban J connectivity index is 0.971. The van der Waals surface area contributed by atoms with Gasteiger partial charge >= 0.3 is 0 Å². The highest BCUT2D eigenvalue weighted by molar-refractivity contribution is 6.11. The summed E-state index contributed by atoms with van der Waals surface area (Å²) in [7, 11) is 0. The van der Waals surface area contributed by atoms with Gasteiger partial charge in [-0.1, -0.05) is 213 Å². The first-order chi connectivity index (χ1) is 36.9. The highest BCUT2D eigenvalue weighted by atomic mass is 15.1. The van der Waals surface area contributed by atoms with Crippen LogP contribution in [0.25, 0.3) is 84.2 Å². The normalized spacial score (nSPS) is 13.6. The zero-order valence-corrected chi connectivity index (χ0v) is 42.2. The molecule has 0 aliphatic heterocycles. The fraction of sp³-hybridized carbons (Fsp3) is 0.0411. The zero-order valence-electron chi connectivity index (χ0n) is 42.2. The van der Waals surface area contributed by atoms with Crippen molar-refractivity contribution in [3.8, 4) is 50.2 Å². The molecule has 1 aliphatic carbocycles. The molecule has 0 radical (unpaired) electrons. The fourth-order valence-electron chi connectivity index (χ4n) is 11.9. The number of anilines is 3. The van der Waals surface area contributed by atoms with Crippen LogP contribution in [0.2, 0.25) is 0 Å². The monoisotopic (exact) mass is 958 g/mol. The third kappa shape index (κ3) is 7.65. The molecule has 13 rings (SSSR count). The third-order valence-corrected chi connectivity index (χ3v) is 15.6. The molecule has 0 saturated heterocycles.